The van der Waals surface area contributed by atoms with Gasteiger partial charge >= 0.3 is 12.0 Å². The normalized spacial score (nSPS) is 19.4. The van der Waals surface area contributed by atoms with Crippen molar-refractivity contribution in [2.45, 2.75) is 32.4 Å². The molecular formula is C22H21FN2O5. The highest BCUT2D eigenvalue weighted by molar-refractivity contribution is 6.09. The maximum absolute atomic E-state index is 13.0. The van der Waals surface area contributed by atoms with Crippen molar-refractivity contribution in [3.8, 4) is 0 Å². The Morgan fingerprint density at radius 2 is 1.70 bits per heavy atom. The fraction of sp³-hybridized carbons (Fsp3) is 0.273. The van der Waals surface area contributed by atoms with Gasteiger partial charge < -0.3 is 10.1 Å². The number of esters is 1. The predicted molar refractivity (Wildman–Crippen MR) is 105 cm³/mol. The number of benzene rings is 2. The monoisotopic (exact) mass is 412 g/mol. The van der Waals surface area contributed by atoms with Crippen LogP contribution < -0.4 is 5.32 Å². The van der Waals surface area contributed by atoms with Crippen molar-refractivity contribution in [2.24, 2.45) is 0 Å². The van der Waals surface area contributed by atoms with E-state index in [1.165, 1.54) is 19.1 Å². The number of carbonyl (C=O) groups excluding carboxylic acids is 4. The topological polar surface area (TPSA) is 92.8 Å². The molecule has 7 nitrogen and oxygen atoms in total. The Morgan fingerprint density at radius 3 is 2.30 bits per heavy atom. The molecule has 0 bridgehead atoms. The molecule has 2 aromatic carbocycles. The van der Waals surface area contributed by atoms with Gasteiger partial charge in [0.1, 0.15) is 17.9 Å². The van der Waals surface area contributed by atoms with Gasteiger partial charge in [0.05, 0.1) is 0 Å². The summed E-state index contributed by atoms with van der Waals surface area (Å²) in [5.74, 6) is -2.52. The molecule has 1 aliphatic rings. The van der Waals surface area contributed by atoms with Crippen molar-refractivity contribution in [1.29, 1.82) is 0 Å². The van der Waals surface area contributed by atoms with E-state index in [2.05, 4.69) is 5.32 Å². The summed E-state index contributed by atoms with van der Waals surface area (Å²) in [6.07, 6.45) is -1.16. The number of aryl methyl sites for hydroxylation is 1. The Labute approximate surface area is 172 Å². The molecule has 1 saturated heterocycles. The van der Waals surface area contributed by atoms with Gasteiger partial charge in [-0.3, -0.25) is 19.3 Å². The Morgan fingerprint density at radius 1 is 1.10 bits per heavy atom. The lowest BCUT2D eigenvalue weighted by atomic mass is 9.91. The number of nitrogens with zero attached hydrogens (tertiary/aromatic N) is 1. The first kappa shape index (κ1) is 21.2. The fourth-order valence-corrected chi connectivity index (χ4v) is 3.19. The highest BCUT2D eigenvalue weighted by atomic mass is 19.1. The van der Waals surface area contributed by atoms with Crippen molar-refractivity contribution in [3.63, 3.8) is 0 Å². The third-order valence-electron chi connectivity index (χ3n) is 5.00. The Balaban J connectivity index is 1.66. The first-order chi connectivity index (χ1) is 14.1. The number of nitrogens with one attached hydrogen (secondary N) is 1. The molecule has 1 aliphatic heterocycles. The predicted octanol–water partition coefficient (Wildman–Crippen LogP) is 2.72. The van der Waals surface area contributed by atoms with Gasteiger partial charge in [0.15, 0.2) is 6.10 Å². The summed E-state index contributed by atoms with van der Waals surface area (Å²) in [7, 11) is 0. The number of ketones is 1. The van der Waals surface area contributed by atoms with Crippen molar-refractivity contribution in [1.82, 2.24) is 10.2 Å². The van der Waals surface area contributed by atoms with Crippen LogP contribution in [0.1, 0.15) is 35.3 Å². The van der Waals surface area contributed by atoms with Crippen LogP contribution in [-0.2, 0) is 19.9 Å². The zero-order chi connectivity index (χ0) is 22.1. The summed E-state index contributed by atoms with van der Waals surface area (Å²) in [5, 5.41) is 2.61. The van der Waals surface area contributed by atoms with Crippen molar-refractivity contribution in [2.75, 3.05) is 6.54 Å². The lowest BCUT2D eigenvalue weighted by molar-refractivity contribution is -0.149. The lowest BCUT2D eigenvalue weighted by Crippen LogP contribution is -2.42. The van der Waals surface area contributed by atoms with Gasteiger partial charge in [-0.25, -0.2) is 9.18 Å². The van der Waals surface area contributed by atoms with Gasteiger partial charge in [-0.15, -0.1) is 0 Å². The smallest absolute Gasteiger partial charge is 0.326 e. The molecule has 3 amide bonds. The van der Waals surface area contributed by atoms with Gasteiger partial charge in [0, 0.05) is 5.56 Å². The van der Waals surface area contributed by atoms with Crippen LogP contribution in [0.15, 0.2) is 48.5 Å². The summed E-state index contributed by atoms with van der Waals surface area (Å²) >= 11 is 0. The Hall–Kier alpha value is -3.55. The van der Waals surface area contributed by atoms with Gasteiger partial charge in [-0.2, -0.15) is 0 Å². The minimum atomic E-state index is -1.30. The third kappa shape index (κ3) is 4.07. The number of imide groups is 1. The summed E-state index contributed by atoms with van der Waals surface area (Å²) < 4.78 is 18.1. The maximum atomic E-state index is 13.0. The maximum Gasteiger partial charge on any atom is 0.326 e. The minimum Gasteiger partial charge on any atom is -0.453 e. The zero-order valence-corrected chi connectivity index (χ0v) is 16.8. The van der Waals surface area contributed by atoms with Crippen LogP contribution in [-0.4, -0.2) is 41.2 Å². The minimum absolute atomic E-state index is 0.179. The lowest BCUT2D eigenvalue weighted by Gasteiger charge is -2.22. The van der Waals surface area contributed by atoms with Crippen molar-refractivity contribution in [3.05, 3.63) is 71.0 Å². The third-order valence-corrected chi connectivity index (χ3v) is 5.00. The number of halogens is 1. The molecule has 0 unspecified atom stereocenters. The standard InChI is InChI=1S/C22H21FN2O5/c1-13-4-8-16(9-5-13)22(3)20(28)25(21(29)24-22)12-18(26)30-14(2)19(27)15-6-10-17(23)11-7-15/h4-11,14H,12H2,1-3H3,(H,24,29)/t14-,22-/m0/s1. The van der Waals surface area contributed by atoms with Gasteiger partial charge in [-0.1, -0.05) is 29.8 Å². The van der Waals surface area contributed by atoms with Crippen molar-refractivity contribution >= 4 is 23.7 Å². The van der Waals surface area contributed by atoms with E-state index in [1.807, 2.05) is 19.1 Å². The Kier molecular flexibility index (Phi) is 5.69. The molecule has 8 heteroatoms. The van der Waals surface area contributed by atoms with E-state index in [9.17, 15) is 23.6 Å². The molecule has 0 aromatic heterocycles. The zero-order valence-electron chi connectivity index (χ0n) is 16.8. The second-order valence-electron chi connectivity index (χ2n) is 7.32. The molecule has 3 rings (SSSR count). The van der Waals surface area contributed by atoms with Gasteiger partial charge in [-0.05, 0) is 50.6 Å². The molecule has 2 aromatic rings. The van der Waals surface area contributed by atoms with E-state index in [-0.39, 0.29) is 5.56 Å². The second-order valence-corrected chi connectivity index (χ2v) is 7.32. The molecule has 30 heavy (non-hydrogen) atoms. The van der Waals surface area contributed by atoms with Crippen LogP contribution in [0.25, 0.3) is 0 Å². The van der Waals surface area contributed by atoms with E-state index in [1.54, 1.807) is 19.1 Å². The molecule has 0 spiro atoms. The summed E-state index contributed by atoms with van der Waals surface area (Å²) in [6.45, 7) is 4.20. The quantitative estimate of drug-likeness (QED) is 0.447. The first-order valence-corrected chi connectivity index (χ1v) is 9.32. The Bertz CT molecular complexity index is 1000. The van der Waals surface area contributed by atoms with Gasteiger partial charge in [0.25, 0.3) is 5.91 Å². The number of Topliss-reactive ketones (excluding diaryl/α,β-unsaturated/α-hetero) is 1. The fourth-order valence-electron chi connectivity index (χ4n) is 3.19. The molecule has 1 N–H and O–H groups in total. The average molecular weight is 412 g/mol. The van der Waals surface area contributed by atoms with Crippen LogP contribution in [0.4, 0.5) is 9.18 Å². The van der Waals surface area contributed by atoms with Crippen LogP contribution in [0, 0.1) is 12.7 Å². The molecule has 2 atom stereocenters. The van der Waals surface area contributed by atoms with Crippen LogP contribution in [0.3, 0.4) is 0 Å². The summed E-state index contributed by atoms with van der Waals surface area (Å²) in [6, 6.07) is 11.2. The van der Waals surface area contributed by atoms with Gasteiger partial charge in [0.2, 0.25) is 5.78 Å². The average Bonchev–Trinajstić information content (AvgIpc) is 2.92. The molecule has 0 radical (unpaired) electrons. The molecule has 1 heterocycles. The van der Waals surface area contributed by atoms with E-state index in [4.69, 9.17) is 4.74 Å². The summed E-state index contributed by atoms with van der Waals surface area (Å²) in [4.78, 5) is 50.5. The first-order valence-electron chi connectivity index (χ1n) is 9.32. The molecule has 0 aliphatic carbocycles. The number of carbonyl (C=O) groups is 4. The number of hydrogen-bond donors (Lipinski definition) is 1. The van der Waals surface area contributed by atoms with Crippen molar-refractivity contribution < 1.29 is 28.3 Å². The number of ether oxygens (including phenoxy) is 1. The molecule has 1 fully saturated rings. The van der Waals surface area contributed by atoms with Crippen LogP contribution in [0.2, 0.25) is 0 Å². The molecular weight excluding hydrogens is 391 g/mol. The van der Waals surface area contributed by atoms with E-state index < -0.39 is 47.7 Å². The second kappa shape index (κ2) is 8.06. The van der Waals surface area contributed by atoms with E-state index in [0.29, 0.717) is 5.56 Å². The van der Waals surface area contributed by atoms with Crippen LogP contribution in [0.5, 0.6) is 0 Å². The molecule has 0 saturated carbocycles. The number of rotatable bonds is 6. The summed E-state index contributed by atoms with van der Waals surface area (Å²) in [5.41, 5.74) is 0.459. The number of urea groups is 1. The highest BCUT2D eigenvalue weighted by Crippen LogP contribution is 2.29. The number of amides is 3. The highest BCUT2D eigenvalue weighted by Gasteiger charge is 2.49. The molecule has 156 valence electrons. The number of hydrogen-bond acceptors (Lipinski definition) is 5. The largest absolute Gasteiger partial charge is 0.453 e. The van der Waals surface area contributed by atoms with E-state index in [0.717, 1.165) is 22.6 Å². The SMILES string of the molecule is Cc1ccc([C@]2(C)NC(=O)N(CC(=O)O[C@@H](C)C(=O)c3ccc(F)cc3)C2=O)cc1. The van der Waals surface area contributed by atoms with E-state index >= 15 is 0 Å². The van der Waals surface area contributed by atoms with Crippen LogP contribution >= 0.6 is 0 Å².